The second kappa shape index (κ2) is 11.6. The van der Waals surface area contributed by atoms with Gasteiger partial charge in [0.15, 0.2) is 5.96 Å². The lowest BCUT2D eigenvalue weighted by Crippen LogP contribution is -2.47. The molecule has 6 nitrogen and oxygen atoms in total. The van der Waals surface area contributed by atoms with Crippen LogP contribution in [0, 0.1) is 11.7 Å². The van der Waals surface area contributed by atoms with Crippen LogP contribution >= 0.6 is 0 Å². The Balaban J connectivity index is 1.88. The largest absolute Gasteiger partial charge is 0.370 e. The molecule has 0 unspecified atom stereocenters. The van der Waals surface area contributed by atoms with Crippen molar-refractivity contribution >= 4 is 11.9 Å². The molecule has 1 fully saturated rings. The number of carbonyl (C=O) groups excluding carboxylic acids is 1. The number of nitrogens with one attached hydrogen (secondary N) is 1. The average Bonchev–Trinajstić information content (AvgIpc) is 2.67. The molecular weight excluding hydrogens is 357 g/mol. The predicted octanol–water partition coefficient (Wildman–Crippen LogP) is 2.20. The van der Waals surface area contributed by atoms with E-state index in [1.165, 1.54) is 44.2 Å². The highest BCUT2D eigenvalue weighted by atomic mass is 19.1. The minimum Gasteiger partial charge on any atom is -0.370 e. The van der Waals surface area contributed by atoms with E-state index >= 15 is 0 Å². The summed E-state index contributed by atoms with van der Waals surface area (Å²) in [5.41, 5.74) is 17.7. The van der Waals surface area contributed by atoms with Gasteiger partial charge in [0.1, 0.15) is 5.82 Å². The number of nitrogens with zero attached hydrogens (tertiary/aromatic N) is 1. The van der Waals surface area contributed by atoms with E-state index in [1.807, 2.05) is 0 Å². The van der Waals surface area contributed by atoms with Gasteiger partial charge in [0.25, 0.3) is 0 Å². The molecule has 1 saturated carbocycles. The molecule has 0 aliphatic heterocycles. The summed E-state index contributed by atoms with van der Waals surface area (Å²) in [6.45, 7) is 0.557. The van der Waals surface area contributed by atoms with Crippen molar-refractivity contribution in [3.05, 3.63) is 35.6 Å². The first-order chi connectivity index (χ1) is 13.4. The molecule has 0 saturated heterocycles. The zero-order valence-corrected chi connectivity index (χ0v) is 16.6. The monoisotopic (exact) mass is 391 g/mol. The lowest BCUT2D eigenvalue weighted by atomic mass is 9.84. The summed E-state index contributed by atoms with van der Waals surface area (Å²) in [7, 11) is 0. The second-order valence-corrected chi connectivity index (χ2v) is 7.83. The molecule has 0 radical (unpaired) electrons. The minimum absolute atomic E-state index is 0.0732. The van der Waals surface area contributed by atoms with Gasteiger partial charge in [-0.25, -0.2) is 4.39 Å². The van der Waals surface area contributed by atoms with Gasteiger partial charge in [-0.3, -0.25) is 9.79 Å². The van der Waals surface area contributed by atoms with Crippen LogP contribution in [0.3, 0.4) is 0 Å². The number of guanidine groups is 1. The summed E-state index contributed by atoms with van der Waals surface area (Å²) < 4.78 is 13.0. The molecule has 2 rings (SSSR count). The number of hydrogen-bond acceptors (Lipinski definition) is 3. The molecule has 0 spiro atoms. The Labute approximate surface area is 167 Å². The van der Waals surface area contributed by atoms with Crippen molar-refractivity contribution in [2.24, 2.45) is 28.1 Å². The molecule has 1 amide bonds. The number of carbonyl (C=O) groups is 1. The van der Waals surface area contributed by atoms with Gasteiger partial charge in [0, 0.05) is 12.6 Å². The zero-order chi connectivity index (χ0) is 20.4. The number of aliphatic imine (C=N–C) groups is 1. The molecule has 0 heterocycles. The minimum atomic E-state index is -0.656. The number of halogens is 1. The maximum Gasteiger partial charge on any atom is 0.237 e. The van der Waals surface area contributed by atoms with Crippen LogP contribution in [0.25, 0.3) is 0 Å². The third kappa shape index (κ3) is 8.25. The quantitative estimate of drug-likeness (QED) is 0.278. The number of benzene rings is 1. The van der Waals surface area contributed by atoms with Crippen LogP contribution in [0.15, 0.2) is 29.3 Å². The van der Waals surface area contributed by atoms with Gasteiger partial charge in [-0.05, 0) is 49.3 Å². The van der Waals surface area contributed by atoms with Crippen LogP contribution < -0.4 is 22.5 Å². The highest BCUT2D eigenvalue weighted by molar-refractivity contribution is 5.82. The van der Waals surface area contributed by atoms with Crippen molar-refractivity contribution in [1.29, 1.82) is 0 Å². The van der Waals surface area contributed by atoms with Gasteiger partial charge in [0.2, 0.25) is 5.91 Å². The standard InChI is InChI=1S/C21H34FN5O/c22-17-10-8-16(9-11-17)14-19(23)20(28)27-18(7-4-12-26-21(24)25)13-15-5-2-1-3-6-15/h8-11,15,18-19H,1-7,12-14,23H2,(H,27,28)(H4,24,25,26)/t18-,19-/m1/s1. The van der Waals surface area contributed by atoms with Crippen molar-refractivity contribution in [1.82, 2.24) is 5.32 Å². The van der Waals surface area contributed by atoms with E-state index in [0.717, 1.165) is 24.8 Å². The Kier molecular flexibility index (Phi) is 9.20. The van der Waals surface area contributed by atoms with Crippen molar-refractivity contribution in [2.75, 3.05) is 6.54 Å². The van der Waals surface area contributed by atoms with Crippen LogP contribution in [0.2, 0.25) is 0 Å². The van der Waals surface area contributed by atoms with Crippen molar-refractivity contribution in [3.63, 3.8) is 0 Å². The molecule has 28 heavy (non-hydrogen) atoms. The number of hydrogen-bond donors (Lipinski definition) is 4. The van der Waals surface area contributed by atoms with Crippen LogP contribution in [-0.4, -0.2) is 30.5 Å². The summed E-state index contributed by atoms with van der Waals surface area (Å²) in [5.74, 6) is 0.284. The SMILES string of the molecule is NC(N)=NCCC[C@H](CC1CCCCC1)NC(=O)[C@H](N)Cc1ccc(F)cc1. The van der Waals surface area contributed by atoms with Gasteiger partial charge in [-0.1, -0.05) is 44.2 Å². The summed E-state index contributed by atoms with van der Waals surface area (Å²) in [4.78, 5) is 16.7. The predicted molar refractivity (Wildman–Crippen MR) is 111 cm³/mol. The van der Waals surface area contributed by atoms with E-state index in [2.05, 4.69) is 10.3 Å². The Hall–Kier alpha value is -2.15. The molecule has 0 bridgehead atoms. The first-order valence-corrected chi connectivity index (χ1v) is 10.3. The van der Waals surface area contributed by atoms with Gasteiger partial charge in [0.05, 0.1) is 6.04 Å². The molecule has 156 valence electrons. The van der Waals surface area contributed by atoms with E-state index in [9.17, 15) is 9.18 Å². The van der Waals surface area contributed by atoms with Gasteiger partial charge in [-0.15, -0.1) is 0 Å². The highest BCUT2D eigenvalue weighted by Crippen LogP contribution is 2.28. The Bertz CT molecular complexity index is 624. The van der Waals surface area contributed by atoms with E-state index in [4.69, 9.17) is 17.2 Å². The first kappa shape index (κ1) is 22.1. The molecular formula is C21H34FN5O. The number of rotatable bonds is 10. The third-order valence-electron chi connectivity index (χ3n) is 5.40. The lowest BCUT2D eigenvalue weighted by molar-refractivity contribution is -0.123. The maximum atomic E-state index is 13.0. The third-order valence-corrected chi connectivity index (χ3v) is 5.40. The molecule has 1 aliphatic rings. The molecule has 7 N–H and O–H groups in total. The Morgan fingerprint density at radius 1 is 1.18 bits per heavy atom. The summed E-state index contributed by atoms with van der Waals surface area (Å²) in [6, 6.07) is 5.51. The second-order valence-electron chi connectivity index (χ2n) is 7.83. The van der Waals surface area contributed by atoms with Crippen LogP contribution in [0.1, 0.15) is 56.9 Å². The zero-order valence-electron chi connectivity index (χ0n) is 16.6. The Morgan fingerprint density at radius 2 is 1.86 bits per heavy atom. The Morgan fingerprint density at radius 3 is 2.50 bits per heavy atom. The summed E-state index contributed by atoms with van der Waals surface area (Å²) >= 11 is 0. The van der Waals surface area contributed by atoms with Crippen molar-refractivity contribution in [2.45, 2.75) is 69.9 Å². The fraction of sp³-hybridized carbons (Fsp3) is 0.619. The molecule has 1 aromatic rings. The topological polar surface area (TPSA) is 120 Å². The fourth-order valence-electron chi connectivity index (χ4n) is 3.90. The van der Waals surface area contributed by atoms with E-state index < -0.39 is 6.04 Å². The molecule has 0 aromatic heterocycles. The van der Waals surface area contributed by atoms with Crippen molar-refractivity contribution in [3.8, 4) is 0 Å². The lowest BCUT2D eigenvalue weighted by Gasteiger charge is -2.28. The van der Waals surface area contributed by atoms with Crippen LogP contribution in [-0.2, 0) is 11.2 Å². The molecule has 7 heteroatoms. The molecule has 2 atom stereocenters. The van der Waals surface area contributed by atoms with Crippen LogP contribution in [0.5, 0.6) is 0 Å². The normalized spacial score (nSPS) is 16.9. The smallest absolute Gasteiger partial charge is 0.237 e. The van der Waals surface area contributed by atoms with Gasteiger partial charge >= 0.3 is 0 Å². The average molecular weight is 392 g/mol. The highest BCUT2D eigenvalue weighted by Gasteiger charge is 2.22. The summed E-state index contributed by atoms with van der Waals surface area (Å²) in [5, 5.41) is 3.13. The van der Waals surface area contributed by atoms with Crippen LogP contribution in [0.4, 0.5) is 4.39 Å². The molecule has 1 aliphatic carbocycles. The number of nitrogens with two attached hydrogens (primary N) is 3. The summed E-state index contributed by atoms with van der Waals surface area (Å²) in [6.07, 6.45) is 9.27. The van der Waals surface area contributed by atoms with E-state index in [1.54, 1.807) is 12.1 Å². The van der Waals surface area contributed by atoms with E-state index in [-0.39, 0.29) is 23.7 Å². The molecule has 1 aromatic carbocycles. The fourth-order valence-corrected chi connectivity index (χ4v) is 3.90. The van der Waals surface area contributed by atoms with E-state index in [0.29, 0.717) is 18.9 Å². The number of amides is 1. The van der Waals surface area contributed by atoms with Gasteiger partial charge < -0.3 is 22.5 Å². The van der Waals surface area contributed by atoms with Gasteiger partial charge in [-0.2, -0.15) is 0 Å². The van der Waals surface area contributed by atoms with Crippen molar-refractivity contribution < 1.29 is 9.18 Å². The maximum absolute atomic E-state index is 13.0. The first-order valence-electron chi connectivity index (χ1n) is 10.3.